The highest BCUT2D eigenvalue weighted by Crippen LogP contribution is 2.41. The lowest BCUT2D eigenvalue weighted by Gasteiger charge is -2.11. The summed E-state index contributed by atoms with van der Waals surface area (Å²) in [6.07, 6.45) is -4.26. The molecule has 14 heavy (non-hydrogen) atoms. The molecule has 0 saturated heterocycles. The number of anilines is 1. The van der Waals surface area contributed by atoms with Gasteiger partial charge in [0.05, 0.1) is 5.56 Å². The van der Waals surface area contributed by atoms with Crippen LogP contribution in [0.5, 0.6) is 0 Å². The van der Waals surface area contributed by atoms with Gasteiger partial charge in [0.1, 0.15) is 0 Å². The van der Waals surface area contributed by atoms with Crippen molar-refractivity contribution in [3.63, 3.8) is 0 Å². The molecule has 1 aliphatic heterocycles. The van der Waals surface area contributed by atoms with E-state index in [4.69, 9.17) is 0 Å². The zero-order valence-corrected chi connectivity index (χ0v) is 7.65. The molecule has 0 aromatic heterocycles. The van der Waals surface area contributed by atoms with Crippen molar-refractivity contribution in [2.24, 2.45) is 0 Å². The van der Waals surface area contributed by atoms with Gasteiger partial charge in [-0.2, -0.15) is 13.2 Å². The molecule has 0 saturated carbocycles. The van der Waals surface area contributed by atoms with Gasteiger partial charge in [-0.15, -0.1) is 0 Å². The zero-order chi connectivity index (χ0) is 10.3. The summed E-state index contributed by atoms with van der Waals surface area (Å²) in [5.41, 5.74) is 0.465. The minimum Gasteiger partial charge on any atom is -0.384 e. The molecule has 1 aromatic carbocycles. The molecule has 0 aliphatic carbocycles. The van der Waals surface area contributed by atoms with E-state index < -0.39 is 11.7 Å². The van der Waals surface area contributed by atoms with Crippen LogP contribution in [0.1, 0.15) is 24.0 Å². The Hall–Kier alpha value is -1.19. The third-order valence-corrected chi connectivity index (χ3v) is 2.52. The Balaban J connectivity index is 2.55. The Morgan fingerprint density at radius 3 is 2.71 bits per heavy atom. The molecule has 1 aromatic rings. The first-order chi connectivity index (χ1) is 6.50. The van der Waals surface area contributed by atoms with Gasteiger partial charge < -0.3 is 5.32 Å². The SMILES string of the molecule is CC1CNc2c1cccc2C(F)(F)F. The summed E-state index contributed by atoms with van der Waals surface area (Å²) < 4.78 is 37.6. The lowest BCUT2D eigenvalue weighted by molar-refractivity contribution is -0.136. The van der Waals surface area contributed by atoms with Gasteiger partial charge in [0.25, 0.3) is 0 Å². The molecule has 1 atom stereocenters. The highest BCUT2D eigenvalue weighted by Gasteiger charge is 2.36. The fourth-order valence-corrected chi connectivity index (χ4v) is 1.78. The van der Waals surface area contributed by atoms with E-state index >= 15 is 0 Å². The minimum atomic E-state index is -4.26. The predicted octanol–water partition coefficient (Wildman–Crippen LogP) is 3.23. The van der Waals surface area contributed by atoms with E-state index in [0.29, 0.717) is 6.54 Å². The van der Waals surface area contributed by atoms with Crippen LogP contribution in [-0.4, -0.2) is 6.54 Å². The predicted molar refractivity (Wildman–Crippen MR) is 48.3 cm³/mol. The van der Waals surface area contributed by atoms with E-state index in [0.717, 1.165) is 11.6 Å². The first-order valence-corrected chi connectivity index (χ1v) is 4.44. The topological polar surface area (TPSA) is 12.0 Å². The van der Waals surface area contributed by atoms with Crippen molar-refractivity contribution in [1.82, 2.24) is 0 Å². The van der Waals surface area contributed by atoms with Crippen molar-refractivity contribution in [2.45, 2.75) is 19.0 Å². The largest absolute Gasteiger partial charge is 0.418 e. The summed E-state index contributed by atoms with van der Waals surface area (Å²) in [5.74, 6) is 0.160. The van der Waals surface area contributed by atoms with Gasteiger partial charge in [-0.05, 0) is 11.6 Å². The van der Waals surface area contributed by atoms with Crippen LogP contribution in [0.3, 0.4) is 0 Å². The number of nitrogens with one attached hydrogen (secondary N) is 1. The molecule has 0 radical (unpaired) electrons. The van der Waals surface area contributed by atoms with Crippen LogP contribution in [0, 0.1) is 0 Å². The summed E-state index contributed by atoms with van der Waals surface area (Å²) in [6.45, 7) is 2.50. The molecule has 0 fully saturated rings. The monoisotopic (exact) mass is 201 g/mol. The van der Waals surface area contributed by atoms with Crippen LogP contribution in [-0.2, 0) is 6.18 Å². The number of hydrogen-bond donors (Lipinski definition) is 1. The number of alkyl halides is 3. The quantitative estimate of drug-likeness (QED) is 0.679. The lowest BCUT2D eigenvalue weighted by Crippen LogP contribution is -2.08. The van der Waals surface area contributed by atoms with Crippen molar-refractivity contribution in [2.75, 3.05) is 11.9 Å². The maximum absolute atomic E-state index is 12.5. The Kier molecular flexibility index (Phi) is 1.94. The molecule has 2 rings (SSSR count). The second-order valence-electron chi connectivity index (χ2n) is 3.55. The van der Waals surface area contributed by atoms with Crippen molar-refractivity contribution in [3.05, 3.63) is 29.3 Å². The van der Waals surface area contributed by atoms with Crippen LogP contribution in [0.25, 0.3) is 0 Å². The number of hydrogen-bond acceptors (Lipinski definition) is 1. The lowest BCUT2D eigenvalue weighted by atomic mass is 10.0. The molecule has 1 heterocycles. The molecule has 0 bridgehead atoms. The summed E-state index contributed by atoms with van der Waals surface area (Å²) in [6, 6.07) is 4.32. The van der Waals surface area contributed by atoms with E-state index in [1.807, 2.05) is 6.92 Å². The van der Waals surface area contributed by atoms with Crippen molar-refractivity contribution in [1.29, 1.82) is 0 Å². The fourth-order valence-electron chi connectivity index (χ4n) is 1.78. The van der Waals surface area contributed by atoms with Gasteiger partial charge in [0.2, 0.25) is 0 Å². The number of para-hydroxylation sites is 1. The summed E-state index contributed by atoms with van der Waals surface area (Å²) in [7, 11) is 0. The molecule has 4 heteroatoms. The molecule has 76 valence electrons. The molecule has 0 spiro atoms. The summed E-state index contributed by atoms with van der Waals surface area (Å²) in [5, 5.41) is 2.81. The first kappa shape index (κ1) is 9.37. The van der Waals surface area contributed by atoms with Crippen molar-refractivity contribution in [3.8, 4) is 0 Å². The number of fused-ring (bicyclic) bond motifs is 1. The Morgan fingerprint density at radius 1 is 1.36 bits per heavy atom. The van der Waals surface area contributed by atoms with E-state index in [1.165, 1.54) is 6.07 Å². The van der Waals surface area contributed by atoms with Gasteiger partial charge in [-0.3, -0.25) is 0 Å². The van der Waals surface area contributed by atoms with Gasteiger partial charge >= 0.3 is 6.18 Å². The van der Waals surface area contributed by atoms with Crippen LogP contribution in [0.4, 0.5) is 18.9 Å². The van der Waals surface area contributed by atoms with Crippen molar-refractivity contribution >= 4 is 5.69 Å². The van der Waals surface area contributed by atoms with Crippen LogP contribution in [0.15, 0.2) is 18.2 Å². The summed E-state index contributed by atoms with van der Waals surface area (Å²) in [4.78, 5) is 0. The zero-order valence-electron chi connectivity index (χ0n) is 7.65. The van der Waals surface area contributed by atoms with Crippen LogP contribution in [0.2, 0.25) is 0 Å². The molecular formula is C10H10F3N. The normalized spacial score (nSPS) is 20.4. The number of rotatable bonds is 0. The highest BCUT2D eigenvalue weighted by molar-refractivity contribution is 5.63. The molecule has 1 N–H and O–H groups in total. The minimum absolute atomic E-state index is 0.160. The molecule has 1 aliphatic rings. The highest BCUT2D eigenvalue weighted by atomic mass is 19.4. The van der Waals surface area contributed by atoms with Gasteiger partial charge in [0.15, 0.2) is 0 Å². The maximum atomic E-state index is 12.5. The van der Waals surface area contributed by atoms with Crippen LogP contribution >= 0.6 is 0 Å². The summed E-state index contributed by atoms with van der Waals surface area (Å²) >= 11 is 0. The second-order valence-corrected chi connectivity index (χ2v) is 3.55. The molecule has 1 nitrogen and oxygen atoms in total. The third kappa shape index (κ3) is 1.35. The fraction of sp³-hybridized carbons (Fsp3) is 0.400. The average molecular weight is 201 g/mol. The Morgan fingerprint density at radius 2 is 2.07 bits per heavy atom. The second kappa shape index (κ2) is 2.90. The molecular weight excluding hydrogens is 191 g/mol. The van der Waals surface area contributed by atoms with E-state index in [9.17, 15) is 13.2 Å². The Bertz CT molecular complexity index is 357. The number of benzene rings is 1. The van der Waals surface area contributed by atoms with E-state index in [-0.39, 0.29) is 11.6 Å². The standard InChI is InChI=1S/C10H10F3N/c1-6-5-14-9-7(6)3-2-4-8(9)10(11,12)13/h2-4,6,14H,5H2,1H3. The third-order valence-electron chi connectivity index (χ3n) is 2.52. The smallest absolute Gasteiger partial charge is 0.384 e. The first-order valence-electron chi connectivity index (χ1n) is 4.44. The molecule has 1 unspecified atom stereocenters. The van der Waals surface area contributed by atoms with Gasteiger partial charge in [0, 0.05) is 18.2 Å². The van der Waals surface area contributed by atoms with E-state index in [2.05, 4.69) is 5.32 Å². The Labute approximate surface area is 79.9 Å². The van der Waals surface area contributed by atoms with Crippen molar-refractivity contribution < 1.29 is 13.2 Å². The van der Waals surface area contributed by atoms with E-state index in [1.54, 1.807) is 6.07 Å². The van der Waals surface area contributed by atoms with Gasteiger partial charge in [-0.25, -0.2) is 0 Å². The number of halogens is 3. The van der Waals surface area contributed by atoms with Crippen LogP contribution < -0.4 is 5.32 Å². The molecule has 0 amide bonds. The maximum Gasteiger partial charge on any atom is 0.418 e. The average Bonchev–Trinajstić information content (AvgIpc) is 2.46. The van der Waals surface area contributed by atoms with Gasteiger partial charge in [-0.1, -0.05) is 19.1 Å².